The van der Waals surface area contributed by atoms with E-state index in [1.165, 1.54) is 0 Å². The molecule has 1 aliphatic rings. The second-order valence-corrected chi connectivity index (χ2v) is 7.24. The summed E-state index contributed by atoms with van der Waals surface area (Å²) in [6.07, 6.45) is 5.70. The number of likely N-dealkylation sites (N-methyl/N-ethyl adjacent to an activating group) is 1. The zero-order chi connectivity index (χ0) is 16.9. The molecule has 0 saturated heterocycles. The second kappa shape index (κ2) is 7.87. The van der Waals surface area contributed by atoms with E-state index in [1.54, 1.807) is 30.3 Å². The quantitative estimate of drug-likeness (QED) is 0.781. The van der Waals surface area contributed by atoms with E-state index in [4.69, 9.17) is 4.74 Å². The first-order valence-corrected chi connectivity index (χ1v) is 8.88. The van der Waals surface area contributed by atoms with Crippen molar-refractivity contribution in [2.24, 2.45) is 5.92 Å². The maximum Gasteiger partial charge on any atom is 0.248 e. The van der Waals surface area contributed by atoms with Crippen molar-refractivity contribution < 1.29 is 9.53 Å². The van der Waals surface area contributed by atoms with E-state index in [0.717, 1.165) is 37.0 Å². The van der Waals surface area contributed by atoms with Gasteiger partial charge in [-0.15, -0.1) is 11.3 Å². The van der Waals surface area contributed by atoms with Crippen molar-refractivity contribution in [3.8, 4) is 0 Å². The first-order chi connectivity index (χ1) is 11.6. The molecule has 130 valence electrons. The minimum atomic E-state index is -0.00779. The molecule has 0 fully saturated rings. The monoisotopic (exact) mass is 349 g/mol. The average molecular weight is 349 g/mol. The molecule has 0 saturated carbocycles. The molecule has 0 bridgehead atoms. The Bertz CT molecular complexity index is 655. The Balaban J connectivity index is 1.62. The van der Waals surface area contributed by atoms with Crippen LogP contribution in [0.3, 0.4) is 0 Å². The molecule has 1 amide bonds. The van der Waals surface area contributed by atoms with Gasteiger partial charge < -0.3 is 14.2 Å². The van der Waals surface area contributed by atoms with Gasteiger partial charge in [0.15, 0.2) is 0 Å². The van der Waals surface area contributed by atoms with E-state index in [1.807, 2.05) is 24.0 Å². The van der Waals surface area contributed by atoms with Crippen LogP contribution in [0.1, 0.15) is 10.8 Å². The van der Waals surface area contributed by atoms with Crippen LogP contribution >= 0.6 is 11.3 Å². The number of fused-ring (bicyclic) bond motifs is 1. The molecule has 3 rings (SSSR count). The Morgan fingerprint density at radius 1 is 1.38 bits per heavy atom. The van der Waals surface area contributed by atoms with E-state index in [0.29, 0.717) is 12.5 Å². The van der Waals surface area contributed by atoms with E-state index in [9.17, 15) is 4.79 Å². The number of hydrogen-bond donors (Lipinski definition) is 0. The SMILES string of the molecule is CN(C)C(=O)COC[C@H]1CN(Cc2nccs2)Cc2nccn2C1. The zero-order valence-corrected chi connectivity index (χ0v) is 14.9. The van der Waals surface area contributed by atoms with Crippen molar-refractivity contribution in [2.75, 3.05) is 33.9 Å². The van der Waals surface area contributed by atoms with Crippen molar-refractivity contribution in [3.05, 3.63) is 34.8 Å². The molecular formula is C16H23N5O2S. The van der Waals surface area contributed by atoms with E-state index < -0.39 is 0 Å². The summed E-state index contributed by atoms with van der Waals surface area (Å²) < 4.78 is 7.85. The fourth-order valence-electron chi connectivity index (χ4n) is 2.81. The molecule has 0 aromatic carbocycles. The first kappa shape index (κ1) is 17.1. The predicted octanol–water partition coefficient (Wildman–Crippen LogP) is 1.08. The van der Waals surface area contributed by atoms with Crippen LogP contribution in [0.5, 0.6) is 0 Å². The summed E-state index contributed by atoms with van der Waals surface area (Å²) >= 11 is 1.67. The van der Waals surface area contributed by atoms with E-state index >= 15 is 0 Å². The summed E-state index contributed by atoms with van der Waals surface area (Å²) in [6, 6.07) is 0. The van der Waals surface area contributed by atoms with Crippen LogP contribution in [0.2, 0.25) is 0 Å². The molecule has 0 unspecified atom stereocenters. The van der Waals surface area contributed by atoms with Gasteiger partial charge in [-0.3, -0.25) is 9.69 Å². The largest absolute Gasteiger partial charge is 0.371 e. The van der Waals surface area contributed by atoms with Crippen LogP contribution in [0, 0.1) is 5.92 Å². The molecular weight excluding hydrogens is 326 g/mol. The minimum absolute atomic E-state index is 0.00779. The Morgan fingerprint density at radius 2 is 2.25 bits per heavy atom. The second-order valence-electron chi connectivity index (χ2n) is 6.26. The topological polar surface area (TPSA) is 63.5 Å². The molecule has 3 heterocycles. The molecule has 0 radical (unpaired) electrons. The van der Waals surface area contributed by atoms with Gasteiger partial charge in [0.25, 0.3) is 0 Å². The highest BCUT2D eigenvalue weighted by Gasteiger charge is 2.23. The highest BCUT2D eigenvalue weighted by Crippen LogP contribution is 2.19. The molecule has 2 aromatic rings. The fourth-order valence-corrected chi connectivity index (χ4v) is 3.47. The van der Waals surface area contributed by atoms with E-state index in [2.05, 4.69) is 19.4 Å². The van der Waals surface area contributed by atoms with Gasteiger partial charge in [0.05, 0.1) is 19.7 Å². The lowest BCUT2D eigenvalue weighted by Gasteiger charge is -2.23. The summed E-state index contributed by atoms with van der Waals surface area (Å²) in [5.41, 5.74) is 0. The van der Waals surface area contributed by atoms with E-state index in [-0.39, 0.29) is 12.5 Å². The number of thiazole rings is 1. The van der Waals surface area contributed by atoms with Crippen LogP contribution in [0.15, 0.2) is 24.0 Å². The lowest BCUT2D eigenvalue weighted by Crippen LogP contribution is -2.32. The van der Waals surface area contributed by atoms with Gasteiger partial charge in [0, 0.05) is 57.1 Å². The lowest BCUT2D eigenvalue weighted by molar-refractivity contribution is -0.134. The zero-order valence-electron chi connectivity index (χ0n) is 14.1. The van der Waals surface area contributed by atoms with Crippen LogP contribution in [0.4, 0.5) is 0 Å². The Labute approximate surface area is 145 Å². The first-order valence-electron chi connectivity index (χ1n) is 8.00. The number of carbonyl (C=O) groups is 1. The molecule has 1 atom stereocenters. The Kier molecular flexibility index (Phi) is 5.60. The van der Waals surface area contributed by atoms with Crippen LogP contribution in [-0.4, -0.2) is 64.1 Å². The van der Waals surface area contributed by atoms with Crippen LogP contribution < -0.4 is 0 Å². The van der Waals surface area contributed by atoms with Gasteiger partial charge in [-0.05, 0) is 0 Å². The Morgan fingerprint density at radius 3 is 3.00 bits per heavy atom. The number of carbonyl (C=O) groups excluding carboxylic acids is 1. The summed E-state index contributed by atoms with van der Waals surface area (Å²) in [4.78, 5) is 24.4. The molecule has 0 aliphatic carbocycles. The van der Waals surface area contributed by atoms with Crippen molar-refractivity contribution in [2.45, 2.75) is 19.6 Å². The highest BCUT2D eigenvalue weighted by atomic mass is 32.1. The average Bonchev–Trinajstić information content (AvgIpc) is 3.16. The normalized spacial score (nSPS) is 18.2. The third-order valence-electron chi connectivity index (χ3n) is 4.06. The van der Waals surface area contributed by atoms with Gasteiger partial charge >= 0.3 is 0 Å². The molecule has 7 nitrogen and oxygen atoms in total. The number of imidazole rings is 1. The van der Waals surface area contributed by atoms with Crippen molar-refractivity contribution in [3.63, 3.8) is 0 Å². The molecule has 1 aliphatic heterocycles. The van der Waals surface area contributed by atoms with Gasteiger partial charge in [-0.2, -0.15) is 0 Å². The summed E-state index contributed by atoms with van der Waals surface area (Å²) in [7, 11) is 3.48. The third-order valence-corrected chi connectivity index (χ3v) is 4.82. The number of nitrogens with zero attached hydrogens (tertiary/aromatic N) is 5. The minimum Gasteiger partial charge on any atom is -0.371 e. The third kappa shape index (κ3) is 4.40. The van der Waals surface area contributed by atoms with Crippen LogP contribution in [-0.2, 0) is 29.2 Å². The maximum absolute atomic E-state index is 11.7. The van der Waals surface area contributed by atoms with Gasteiger partial charge in [-0.25, -0.2) is 9.97 Å². The molecule has 24 heavy (non-hydrogen) atoms. The highest BCUT2D eigenvalue weighted by molar-refractivity contribution is 7.09. The number of hydrogen-bond acceptors (Lipinski definition) is 6. The number of ether oxygens (including phenoxy) is 1. The number of rotatable bonds is 6. The van der Waals surface area contributed by atoms with Crippen molar-refractivity contribution >= 4 is 17.2 Å². The summed E-state index contributed by atoms with van der Waals surface area (Å²) in [5.74, 6) is 1.38. The number of amides is 1. The van der Waals surface area contributed by atoms with Gasteiger partial charge in [0.1, 0.15) is 17.4 Å². The smallest absolute Gasteiger partial charge is 0.248 e. The number of aromatic nitrogens is 3. The fraction of sp³-hybridized carbons (Fsp3) is 0.562. The summed E-state index contributed by atoms with van der Waals surface area (Å²) in [5, 5.41) is 3.11. The predicted molar refractivity (Wildman–Crippen MR) is 91.5 cm³/mol. The van der Waals surface area contributed by atoms with Crippen LogP contribution in [0.25, 0.3) is 0 Å². The molecule has 0 N–H and O–H groups in total. The lowest BCUT2D eigenvalue weighted by atomic mass is 10.1. The van der Waals surface area contributed by atoms with Crippen molar-refractivity contribution in [1.29, 1.82) is 0 Å². The van der Waals surface area contributed by atoms with Crippen molar-refractivity contribution in [1.82, 2.24) is 24.3 Å². The molecule has 2 aromatic heterocycles. The summed E-state index contributed by atoms with van der Waals surface area (Å²) in [6.45, 7) is 4.08. The van der Waals surface area contributed by atoms with Gasteiger partial charge in [-0.1, -0.05) is 0 Å². The van der Waals surface area contributed by atoms with Gasteiger partial charge in [0.2, 0.25) is 5.91 Å². The standard InChI is InChI=1S/C16H23N5O2S/c1-19(2)16(22)12-23-11-13-7-20(10-15-18-4-6-24-15)9-14-17-3-5-21(14)8-13/h3-6,13H,7-12H2,1-2H3/t13-/m0/s1. The molecule has 0 spiro atoms. The Hall–Kier alpha value is -1.77. The molecule has 8 heteroatoms. The maximum atomic E-state index is 11.7.